The van der Waals surface area contributed by atoms with Crippen molar-refractivity contribution in [1.29, 1.82) is 0 Å². The Morgan fingerprint density at radius 2 is 1.60 bits per heavy atom. The van der Waals surface area contributed by atoms with Gasteiger partial charge in [0.1, 0.15) is 11.5 Å². The highest BCUT2D eigenvalue weighted by atomic mass is 19.1. The fourth-order valence-corrected chi connectivity index (χ4v) is 3.00. The van der Waals surface area contributed by atoms with Crippen LogP contribution in [-0.4, -0.2) is 26.8 Å². The molecular formula is C23H16FN3O3. The number of carbonyl (C=O) groups is 2. The Kier molecular flexibility index (Phi) is 5.09. The molecule has 0 bridgehead atoms. The van der Waals surface area contributed by atoms with Crippen LogP contribution in [0.3, 0.4) is 0 Å². The summed E-state index contributed by atoms with van der Waals surface area (Å²) in [5.41, 5.74) is 1.89. The highest BCUT2D eigenvalue weighted by Gasteiger charge is 2.20. The van der Waals surface area contributed by atoms with Crippen molar-refractivity contribution in [2.75, 3.05) is 5.32 Å². The molecule has 0 fully saturated rings. The Morgan fingerprint density at radius 1 is 0.933 bits per heavy atom. The van der Waals surface area contributed by atoms with Crippen molar-refractivity contribution in [3.63, 3.8) is 0 Å². The first kappa shape index (κ1) is 19.1. The monoisotopic (exact) mass is 401 g/mol. The minimum absolute atomic E-state index is 0.114. The third-order valence-electron chi connectivity index (χ3n) is 4.49. The maximum absolute atomic E-state index is 14.3. The van der Waals surface area contributed by atoms with E-state index in [-0.39, 0.29) is 16.8 Å². The number of nitrogens with zero attached hydrogens (tertiary/aromatic N) is 2. The number of anilines is 1. The maximum Gasteiger partial charge on any atom is 0.335 e. The van der Waals surface area contributed by atoms with E-state index in [1.165, 1.54) is 12.1 Å². The zero-order valence-electron chi connectivity index (χ0n) is 15.6. The number of carboxylic acids is 1. The fraction of sp³-hybridized carbons (Fsp3) is 0. The van der Waals surface area contributed by atoms with Gasteiger partial charge in [-0.25, -0.2) is 13.9 Å². The third-order valence-corrected chi connectivity index (χ3v) is 4.49. The summed E-state index contributed by atoms with van der Waals surface area (Å²) in [5, 5.41) is 16.0. The van der Waals surface area contributed by atoms with Gasteiger partial charge in [0, 0.05) is 11.8 Å². The number of carbonyl (C=O) groups excluding carboxylic acids is 1. The molecule has 3 aromatic carbocycles. The average molecular weight is 401 g/mol. The normalized spacial score (nSPS) is 10.6. The molecular weight excluding hydrogens is 385 g/mol. The quantitative estimate of drug-likeness (QED) is 0.511. The van der Waals surface area contributed by atoms with Gasteiger partial charge in [0.2, 0.25) is 0 Å². The van der Waals surface area contributed by atoms with Gasteiger partial charge in [0.05, 0.1) is 22.5 Å². The van der Waals surface area contributed by atoms with Crippen LogP contribution in [0, 0.1) is 5.82 Å². The molecule has 1 aromatic heterocycles. The molecule has 1 heterocycles. The highest BCUT2D eigenvalue weighted by molar-refractivity contribution is 6.08. The summed E-state index contributed by atoms with van der Waals surface area (Å²) in [6, 6.07) is 21.8. The molecule has 0 unspecified atom stereocenters. The summed E-state index contributed by atoms with van der Waals surface area (Å²) in [6.07, 6.45) is 1.58. The van der Waals surface area contributed by atoms with Crippen LogP contribution in [0.5, 0.6) is 0 Å². The molecule has 0 saturated heterocycles. The number of aromatic nitrogens is 2. The van der Waals surface area contributed by atoms with Crippen molar-refractivity contribution in [3.05, 3.63) is 102 Å². The second-order valence-electron chi connectivity index (χ2n) is 6.49. The minimum Gasteiger partial charge on any atom is -0.478 e. The number of para-hydroxylation sites is 1. The number of hydrogen-bond donors (Lipinski definition) is 2. The van der Waals surface area contributed by atoms with Crippen LogP contribution in [0.25, 0.3) is 16.9 Å². The number of halogens is 1. The van der Waals surface area contributed by atoms with E-state index in [1.54, 1.807) is 10.9 Å². The Bertz CT molecular complexity index is 1220. The molecule has 4 rings (SSSR count). The first-order chi connectivity index (χ1) is 14.5. The molecule has 0 saturated carbocycles. The fourth-order valence-electron chi connectivity index (χ4n) is 3.00. The smallest absolute Gasteiger partial charge is 0.335 e. The maximum atomic E-state index is 14.3. The van der Waals surface area contributed by atoms with Crippen LogP contribution >= 0.6 is 0 Å². The van der Waals surface area contributed by atoms with Crippen LogP contribution in [0.1, 0.15) is 20.7 Å². The van der Waals surface area contributed by atoms with Crippen LogP contribution in [0.4, 0.5) is 10.1 Å². The van der Waals surface area contributed by atoms with E-state index < -0.39 is 17.7 Å². The zero-order chi connectivity index (χ0) is 21.1. The predicted molar refractivity (Wildman–Crippen MR) is 110 cm³/mol. The lowest BCUT2D eigenvalue weighted by Gasteiger charge is -2.07. The number of carboxylic acid groups (broad SMARTS) is 1. The number of amides is 1. The van der Waals surface area contributed by atoms with Crippen molar-refractivity contribution < 1.29 is 19.1 Å². The van der Waals surface area contributed by atoms with Crippen LogP contribution < -0.4 is 5.32 Å². The van der Waals surface area contributed by atoms with Gasteiger partial charge in [-0.1, -0.05) is 48.5 Å². The molecule has 30 heavy (non-hydrogen) atoms. The van der Waals surface area contributed by atoms with Crippen LogP contribution in [0.15, 0.2) is 85.1 Å². The number of rotatable bonds is 5. The van der Waals surface area contributed by atoms with Gasteiger partial charge in [-0.15, -0.1) is 0 Å². The van der Waals surface area contributed by atoms with Crippen molar-refractivity contribution in [2.45, 2.75) is 0 Å². The molecule has 2 N–H and O–H groups in total. The SMILES string of the molecule is O=C(O)c1ccc(NC(=O)c2cn(-c3ccccc3)nc2-c2ccccc2)c(F)c1. The van der Waals surface area contributed by atoms with Crippen molar-refractivity contribution in [1.82, 2.24) is 9.78 Å². The molecule has 0 atom stereocenters. The van der Waals surface area contributed by atoms with Gasteiger partial charge in [-0.2, -0.15) is 5.10 Å². The lowest BCUT2D eigenvalue weighted by Crippen LogP contribution is -2.14. The lowest BCUT2D eigenvalue weighted by molar-refractivity contribution is 0.0696. The van der Waals surface area contributed by atoms with Crippen molar-refractivity contribution >= 4 is 17.6 Å². The Balaban J connectivity index is 1.73. The van der Waals surface area contributed by atoms with Gasteiger partial charge in [-0.05, 0) is 30.3 Å². The van der Waals surface area contributed by atoms with Crippen molar-refractivity contribution in [2.24, 2.45) is 0 Å². The van der Waals surface area contributed by atoms with Gasteiger partial charge < -0.3 is 10.4 Å². The van der Waals surface area contributed by atoms with Gasteiger partial charge in [0.25, 0.3) is 5.91 Å². The summed E-state index contributed by atoms with van der Waals surface area (Å²) in [6.45, 7) is 0. The van der Waals surface area contributed by atoms with E-state index in [9.17, 15) is 14.0 Å². The molecule has 0 aliphatic rings. The molecule has 0 spiro atoms. The third kappa shape index (κ3) is 3.81. The summed E-state index contributed by atoms with van der Waals surface area (Å²) in [7, 11) is 0. The van der Waals surface area contributed by atoms with E-state index in [2.05, 4.69) is 10.4 Å². The largest absolute Gasteiger partial charge is 0.478 e. The average Bonchev–Trinajstić information content (AvgIpc) is 3.22. The minimum atomic E-state index is -1.25. The van der Waals surface area contributed by atoms with E-state index in [0.29, 0.717) is 5.69 Å². The predicted octanol–water partition coefficient (Wildman–Crippen LogP) is 4.63. The zero-order valence-corrected chi connectivity index (χ0v) is 15.6. The summed E-state index contributed by atoms with van der Waals surface area (Å²) >= 11 is 0. The van der Waals surface area contributed by atoms with Gasteiger partial charge >= 0.3 is 5.97 Å². The molecule has 0 aliphatic heterocycles. The Labute approximate surface area is 171 Å². The van der Waals surface area contributed by atoms with Gasteiger partial charge in [0.15, 0.2) is 0 Å². The number of benzene rings is 3. The first-order valence-corrected chi connectivity index (χ1v) is 9.07. The van der Waals surface area contributed by atoms with Gasteiger partial charge in [-0.3, -0.25) is 4.79 Å². The number of nitrogens with one attached hydrogen (secondary N) is 1. The summed E-state index contributed by atoms with van der Waals surface area (Å²) in [4.78, 5) is 24.0. The second kappa shape index (κ2) is 8.00. The first-order valence-electron chi connectivity index (χ1n) is 9.07. The molecule has 6 nitrogen and oxygen atoms in total. The summed E-state index contributed by atoms with van der Waals surface area (Å²) < 4.78 is 15.9. The number of hydrogen-bond acceptors (Lipinski definition) is 3. The van der Waals surface area contributed by atoms with Crippen molar-refractivity contribution in [3.8, 4) is 16.9 Å². The van der Waals surface area contributed by atoms with E-state index in [0.717, 1.165) is 17.3 Å². The van der Waals surface area contributed by atoms with Crippen LogP contribution in [0.2, 0.25) is 0 Å². The lowest BCUT2D eigenvalue weighted by atomic mass is 10.1. The molecule has 0 aliphatic carbocycles. The van der Waals surface area contributed by atoms with E-state index >= 15 is 0 Å². The topological polar surface area (TPSA) is 84.2 Å². The molecule has 0 radical (unpaired) electrons. The Hall–Kier alpha value is -4.26. The highest BCUT2D eigenvalue weighted by Crippen LogP contribution is 2.25. The molecule has 1 amide bonds. The van der Waals surface area contributed by atoms with E-state index in [4.69, 9.17) is 5.11 Å². The second-order valence-corrected chi connectivity index (χ2v) is 6.49. The standard InChI is InChI=1S/C23H16FN3O3/c24-19-13-16(23(29)30)11-12-20(19)25-22(28)18-14-27(17-9-5-2-6-10-17)26-21(18)15-7-3-1-4-8-15/h1-14H,(H,25,28)(H,29,30). The molecule has 7 heteroatoms. The molecule has 4 aromatic rings. The Morgan fingerprint density at radius 3 is 2.23 bits per heavy atom. The van der Waals surface area contributed by atoms with Crippen LogP contribution in [-0.2, 0) is 0 Å². The molecule has 148 valence electrons. The van der Waals surface area contributed by atoms with E-state index in [1.807, 2.05) is 60.7 Å². The number of aromatic carboxylic acids is 1. The summed E-state index contributed by atoms with van der Waals surface area (Å²) in [5.74, 6) is -2.64.